The second-order valence-electron chi connectivity index (χ2n) is 4.78. The summed E-state index contributed by atoms with van der Waals surface area (Å²) in [6.45, 7) is 4.35. The van der Waals surface area contributed by atoms with Crippen LogP contribution in [0.4, 0.5) is 4.39 Å². The van der Waals surface area contributed by atoms with Crippen LogP contribution < -0.4 is 0 Å². The van der Waals surface area contributed by atoms with Crippen molar-refractivity contribution in [3.63, 3.8) is 0 Å². The van der Waals surface area contributed by atoms with Gasteiger partial charge in [0.1, 0.15) is 11.3 Å². The van der Waals surface area contributed by atoms with Gasteiger partial charge in [0.05, 0.1) is 5.52 Å². The predicted octanol–water partition coefficient (Wildman–Crippen LogP) is 2.86. The fourth-order valence-electron chi connectivity index (χ4n) is 2.49. The molecule has 0 amide bonds. The molecule has 1 aliphatic rings. The maximum atomic E-state index is 13.5. The van der Waals surface area contributed by atoms with Crippen molar-refractivity contribution in [3.8, 4) is 0 Å². The smallest absolute Gasteiger partial charge is 0.151 e. The Morgan fingerprint density at radius 2 is 2.20 bits per heavy atom. The molecular weight excluding hydrogens is 191 g/mol. The second kappa shape index (κ2) is 2.60. The van der Waals surface area contributed by atoms with Crippen LogP contribution in [0, 0.1) is 5.82 Å². The normalized spacial score (nSPS) is 18.3. The van der Waals surface area contributed by atoms with Crippen molar-refractivity contribution in [2.24, 2.45) is 0 Å². The van der Waals surface area contributed by atoms with Crippen LogP contribution in [0.25, 0.3) is 11.0 Å². The van der Waals surface area contributed by atoms with E-state index in [9.17, 15) is 4.39 Å². The minimum Gasteiger partial charge on any atom is -0.322 e. The van der Waals surface area contributed by atoms with E-state index in [-0.39, 0.29) is 11.4 Å². The van der Waals surface area contributed by atoms with Crippen molar-refractivity contribution in [1.82, 2.24) is 9.55 Å². The zero-order chi connectivity index (χ0) is 10.6. The van der Waals surface area contributed by atoms with Crippen LogP contribution in [0.5, 0.6) is 0 Å². The second-order valence-corrected chi connectivity index (χ2v) is 4.78. The molecule has 0 saturated carbocycles. The van der Waals surface area contributed by atoms with Gasteiger partial charge in [0.15, 0.2) is 5.82 Å². The number of para-hydroxylation sites is 1. The van der Waals surface area contributed by atoms with E-state index in [0.717, 1.165) is 24.2 Å². The lowest BCUT2D eigenvalue weighted by Gasteiger charge is -2.21. The maximum Gasteiger partial charge on any atom is 0.151 e. The van der Waals surface area contributed by atoms with Crippen LogP contribution in [0.15, 0.2) is 18.2 Å². The third-order valence-corrected chi connectivity index (χ3v) is 3.27. The zero-order valence-electron chi connectivity index (χ0n) is 8.92. The highest BCUT2D eigenvalue weighted by Gasteiger charge is 2.32. The first-order chi connectivity index (χ1) is 7.09. The predicted molar refractivity (Wildman–Crippen MR) is 57.3 cm³/mol. The molecule has 1 aliphatic heterocycles. The first-order valence-corrected chi connectivity index (χ1v) is 5.26. The molecule has 0 aliphatic carbocycles. The van der Waals surface area contributed by atoms with E-state index >= 15 is 0 Å². The molecule has 2 heterocycles. The molecule has 0 atom stereocenters. The van der Waals surface area contributed by atoms with Crippen molar-refractivity contribution in [2.75, 3.05) is 0 Å². The summed E-state index contributed by atoms with van der Waals surface area (Å²) in [5.74, 6) is 0.797. The van der Waals surface area contributed by atoms with Crippen LogP contribution >= 0.6 is 0 Å². The Morgan fingerprint density at radius 3 is 3.00 bits per heavy atom. The van der Waals surface area contributed by atoms with Crippen molar-refractivity contribution >= 4 is 11.0 Å². The van der Waals surface area contributed by atoms with E-state index in [4.69, 9.17) is 0 Å². The average Bonchev–Trinajstić information content (AvgIpc) is 2.67. The van der Waals surface area contributed by atoms with Gasteiger partial charge < -0.3 is 4.57 Å². The Labute approximate surface area is 87.7 Å². The Hall–Kier alpha value is -1.38. The minimum atomic E-state index is -0.217. The van der Waals surface area contributed by atoms with Gasteiger partial charge in [-0.05, 0) is 32.4 Å². The van der Waals surface area contributed by atoms with Crippen LogP contribution in [0.2, 0.25) is 0 Å². The summed E-state index contributed by atoms with van der Waals surface area (Å²) in [6.07, 6.45) is 2.03. The monoisotopic (exact) mass is 204 g/mol. The van der Waals surface area contributed by atoms with Crippen LogP contribution in [-0.4, -0.2) is 9.55 Å². The molecule has 0 fully saturated rings. The van der Waals surface area contributed by atoms with Gasteiger partial charge in [-0.15, -0.1) is 0 Å². The van der Waals surface area contributed by atoms with Crippen molar-refractivity contribution in [1.29, 1.82) is 0 Å². The standard InChI is InChI=1S/C12H13FN2/c1-12(2)7-6-10-14-11-8(13)4-3-5-9(11)15(10)12/h3-5H,6-7H2,1-2H3. The third kappa shape index (κ3) is 1.06. The molecule has 0 saturated heterocycles. The van der Waals surface area contributed by atoms with Gasteiger partial charge in [0.2, 0.25) is 0 Å². The molecule has 3 rings (SSSR count). The van der Waals surface area contributed by atoms with Gasteiger partial charge in [-0.25, -0.2) is 9.37 Å². The highest BCUT2D eigenvalue weighted by Crippen LogP contribution is 2.35. The van der Waals surface area contributed by atoms with E-state index in [1.165, 1.54) is 6.07 Å². The number of halogens is 1. The highest BCUT2D eigenvalue weighted by molar-refractivity contribution is 5.77. The van der Waals surface area contributed by atoms with Crippen molar-refractivity contribution in [3.05, 3.63) is 29.8 Å². The number of benzene rings is 1. The molecule has 0 spiro atoms. The zero-order valence-corrected chi connectivity index (χ0v) is 8.92. The topological polar surface area (TPSA) is 17.8 Å². The van der Waals surface area contributed by atoms with Gasteiger partial charge in [0.25, 0.3) is 0 Å². The molecule has 0 radical (unpaired) electrons. The van der Waals surface area contributed by atoms with Crippen molar-refractivity contribution in [2.45, 2.75) is 32.2 Å². The number of imidazole rings is 1. The Morgan fingerprint density at radius 1 is 1.40 bits per heavy atom. The lowest BCUT2D eigenvalue weighted by molar-refractivity contribution is 0.386. The fourth-order valence-corrected chi connectivity index (χ4v) is 2.49. The number of rotatable bonds is 0. The summed E-state index contributed by atoms with van der Waals surface area (Å²) >= 11 is 0. The number of hydrogen-bond acceptors (Lipinski definition) is 1. The average molecular weight is 204 g/mol. The molecule has 0 unspecified atom stereocenters. The number of aryl methyl sites for hydroxylation is 1. The van der Waals surface area contributed by atoms with E-state index in [2.05, 4.69) is 23.4 Å². The highest BCUT2D eigenvalue weighted by atomic mass is 19.1. The summed E-state index contributed by atoms with van der Waals surface area (Å²) in [7, 11) is 0. The van der Waals surface area contributed by atoms with Crippen molar-refractivity contribution < 1.29 is 4.39 Å². The van der Waals surface area contributed by atoms with Crippen LogP contribution in [0.3, 0.4) is 0 Å². The molecule has 1 aromatic carbocycles. The molecule has 3 heteroatoms. The molecule has 78 valence electrons. The van der Waals surface area contributed by atoms with Gasteiger partial charge in [-0.3, -0.25) is 0 Å². The SMILES string of the molecule is CC1(C)CCc2nc3c(F)cccc3n21. The molecule has 0 N–H and O–H groups in total. The quantitative estimate of drug-likeness (QED) is 0.645. The van der Waals surface area contributed by atoms with E-state index < -0.39 is 0 Å². The van der Waals surface area contributed by atoms with Gasteiger partial charge in [-0.2, -0.15) is 0 Å². The summed E-state index contributed by atoms with van der Waals surface area (Å²) in [4.78, 5) is 4.38. The molecular formula is C12H13FN2. The molecule has 15 heavy (non-hydrogen) atoms. The Bertz CT molecular complexity index is 540. The summed E-state index contributed by atoms with van der Waals surface area (Å²) in [5, 5.41) is 0. The summed E-state index contributed by atoms with van der Waals surface area (Å²) in [5.41, 5.74) is 1.51. The summed E-state index contributed by atoms with van der Waals surface area (Å²) < 4.78 is 15.7. The number of fused-ring (bicyclic) bond motifs is 3. The number of aromatic nitrogens is 2. The molecule has 2 nitrogen and oxygen atoms in total. The molecule has 2 aromatic rings. The third-order valence-electron chi connectivity index (χ3n) is 3.27. The Kier molecular flexibility index (Phi) is 1.54. The van der Waals surface area contributed by atoms with E-state index in [0.29, 0.717) is 5.52 Å². The Balaban J connectivity index is 2.42. The molecule has 1 aromatic heterocycles. The lowest BCUT2D eigenvalue weighted by atomic mass is 10.0. The van der Waals surface area contributed by atoms with Gasteiger partial charge in [0, 0.05) is 12.0 Å². The van der Waals surface area contributed by atoms with Gasteiger partial charge >= 0.3 is 0 Å². The first kappa shape index (κ1) is 8.89. The maximum absolute atomic E-state index is 13.5. The number of nitrogens with zero attached hydrogens (tertiary/aromatic N) is 2. The first-order valence-electron chi connectivity index (χ1n) is 5.26. The minimum absolute atomic E-state index is 0.0673. The largest absolute Gasteiger partial charge is 0.322 e. The number of hydrogen-bond donors (Lipinski definition) is 0. The lowest BCUT2D eigenvalue weighted by Crippen LogP contribution is -2.20. The van der Waals surface area contributed by atoms with Crippen LogP contribution in [-0.2, 0) is 12.0 Å². The van der Waals surface area contributed by atoms with E-state index in [1.807, 2.05) is 6.07 Å². The van der Waals surface area contributed by atoms with Gasteiger partial charge in [-0.1, -0.05) is 6.07 Å². The molecule has 0 bridgehead atoms. The summed E-state index contributed by atoms with van der Waals surface area (Å²) in [6, 6.07) is 5.17. The van der Waals surface area contributed by atoms with Crippen LogP contribution in [0.1, 0.15) is 26.1 Å². The fraction of sp³-hybridized carbons (Fsp3) is 0.417. The van der Waals surface area contributed by atoms with E-state index in [1.54, 1.807) is 6.07 Å².